The summed E-state index contributed by atoms with van der Waals surface area (Å²) in [5.41, 5.74) is -0.157. The number of carbonyl (C=O) groups is 2. The maximum atomic E-state index is 13.3. The lowest BCUT2D eigenvalue weighted by Crippen LogP contribution is -2.40. The molecule has 2 aliphatic carbocycles. The summed E-state index contributed by atoms with van der Waals surface area (Å²) >= 11 is 0. The highest BCUT2D eigenvalue weighted by Gasteiger charge is 2.22. The van der Waals surface area contributed by atoms with E-state index >= 15 is 0 Å². The fourth-order valence-electron chi connectivity index (χ4n) is 5.41. The molecule has 0 aliphatic heterocycles. The second kappa shape index (κ2) is 9.67. The molecule has 186 valence electrons. The van der Waals surface area contributed by atoms with E-state index in [-0.39, 0.29) is 41.8 Å². The second-order valence-electron chi connectivity index (χ2n) is 9.88. The number of amides is 2. The lowest BCUT2D eigenvalue weighted by atomic mass is 9.95. The van der Waals surface area contributed by atoms with Crippen molar-refractivity contribution in [1.82, 2.24) is 29.4 Å². The Kier molecular flexibility index (Phi) is 6.44. The van der Waals surface area contributed by atoms with Crippen LogP contribution in [0.15, 0.2) is 27.8 Å². The van der Waals surface area contributed by atoms with Crippen LogP contribution in [0.3, 0.4) is 0 Å². The molecule has 35 heavy (non-hydrogen) atoms. The normalized spacial score (nSPS) is 17.6. The SMILES string of the molecule is Cn1c(=O)c2ccc(C(=O)NC3CCCCC3)cc2n2c(=O)n(CC(=O)NC3CCCCC3)nc12. The van der Waals surface area contributed by atoms with E-state index in [4.69, 9.17) is 0 Å². The van der Waals surface area contributed by atoms with Crippen molar-refractivity contribution in [1.29, 1.82) is 0 Å². The number of aryl methyl sites for hydroxylation is 1. The number of nitrogens with one attached hydrogen (secondary N) is 2. The Hall–Kier alpha value is -3.43. The van der Waals surface area contributed by atoms with Gasteiger partial charge in [-0.05, 0) is 43.9 Å². The number of benzene rings is 1. The zero-order valence-corrected chi connectivity index (χ0v) is 20.1. The van der Waals surface area contributed by atoms with E-state index in [0.717, 1.165) is 56.0 Å². The van der Waals surface area contributed by atoms with Gasteiger partial charge in [0.1, 0.15) is 6.54 Å². The quantitative estimate of drug-likeness (QED) is 0.578. The highest BCUT2D eigenvalue weighted by atomic mass is 16.2. The first-order valence-electron chi connectivity index (χ1n) is 12.6. The number of aromatic nitrogens is 4. The molecule has 0 saturated heterocycles. The van der Waals surface area contributed by atoms with Crippen LogP contribution in [-0.2, 0) is 18.4 Å². The molecule has 0 bridgehead atoms. The third kappa shape index (κ3) is 4.61. The van der Waals surface area contributed by atoms with Crippen molar-refractivity contribution < 1.29 is 9.59 Å². The zero-order chi connectivity index (χ0) is 24.5. The zero-order valence-electron chi connectivity index (χ0n) is 20.1. The number of hydrogen-bond donors (Lipinski definition) is 2. The Morgan fingerprint density at radius 3 is 2.23 bits per heavy atom. The standard InChI is InChI=1S/C25H32N6O4/c1-29-23(34)19-13-12-16(22(33)27-18-10-6-3-7-11-18)14-20(19)31-24(29)28-30(25(31)35)15-21(32)26-17-8-4-2-5-9-17/h12-14,17-18H,2-11,15H2,1H3,(H,26,32)(H,27,33). The van der Waals surface area contributed by atoms with Crippen molar-refractivity contribution in [3.63, 3.8) is 0 Å². The summed E-state index contributed by atoms with van der Waals surface area (Å²) in [4.78, 5) is 51.8. The van der Waals surface area contributed by atoms with E-state index in [9.17, 15) is 19.2 Å². The number of nitrogens with zero attached hydrogens (tertiary/aromatic N) is 4. The van der Waals surface area contributed by atoms with E-state index in [0.29, 0.717) is 16.5 Å². The van der Waals surface area contributed by atoms with Crippen molar-refractivity contribution in [2.75, 3.05) is 0 Å². The molecular formula is C25H32N6O4. The summed E-state index contributed by atoms with van der Waals surface area (Å²) in [7, 11) is 1.54. The van der Waals surface area contributed by atoms with Gasteiger partial charge in [0.05, 0.1) is 10.9 Å². The molecular weight excluding hydrogens is 448 g/mol. The van der Waals surface area contributed by atoms with Crippen LogP contribution in [0.25, 0.3) is 16.7 Å². The first-order valence-corrected chi connectivity index (χ1v) is 12.6. The molecule has 10 heteroatoms. The summed E-state index contributed by atoms with van der Waals surface area (Å²) in [5, 5.41) is 10.7. The predicted molar refractivity (Wildman–Crippen MR) is 132 cm³/mol. The summed E-state index contributed by atoms with van der Waals surface area (Å²) in [6, 6.07) is 5.02. The monoisotopic (exact) mass is 480 g/mol. The van der Waals surface area contributed by atoms with Crippen molar-refractivity contribution in [3.8, 4) is 0 Å². The van der Waals surface area contributed by atoms with Crippen LogP contribution >= 0.6 is 0 Å². The maximum absolute atomic E-state index is 13.3. The Morgan fingerprint density at radius 1 is 0.943 bits per heavy atom. The van der Waals surface area contributed by atoms with Gasteiger partial charge in [0, 0.05) is 24.7 Å². The average Bonchev–Trinajstić information content (AvgIpc) is 3.19. The van der Waals surface area contributed by atoms with Crippen LogP contribution in [0.4, 0.5) is 0 Å². The van der Waals surface area contributed by atoms with E-state index in [2.05, 4.69) is 15.7 Å². The van der Waals surface area contributed by atoms with E-state index < -0.39 is 5.69 Å². The first-order chi connectivity index (χ1) is 16.9. The minimum atomic E-state index is -0.524. The number of fused-ring (bicyclic) bond motifs is 3. The van der Waals surface area contributed by atoms with Crippen LogP contribution in [0.1, 0.15) is 74.6 Å². The Morgan fingerprint density at radius 2 is 1.57 bits per heavy atom. The van der Waals surface area contributed by atoms with Gasteiger partial charge in [0.15, 0.2) is 0 Å². The largest absolute Gasteiger partial charge is 0.352 e. The number of carbonyl (C=O) groups excluding carboxylic acids is 2. The molecule has 2 aromatic heterocycles. The predicted octanol–water partition coefficient (Wildman–Crippen LogP) is 1.86. The van der Waals surface area contributed by atoms with Crippen molar-refractivity contribution >= 4 is 28.5 Å². The Bertz CT molecular complexity index is 1390. The van der Waals surface area contributed by atoms with E-state index in [1.54, 1.807) is 25.2 Å². The molecule has 0 radical (unpaired) electrons. The fraction of sp³-hybridized carbons (Fsp3) is 0.560. The van der Waals surface area contributed by atoms with Gasteiger partial charge in [-0.3, -0.25) is 19.0 Å². The molecule has 0 spiro atoms. The van der Waals surface area contributed by atoms with Crippen molar-refractivity contribution in [2.24, 2.45) is 7.05 Å². The van der Waals surface area contributed by atoms with Gasteiger partial charge in [0.2, 0.25) is 11.7 Å². The Labute approximate surface area is 202 Å². The summed E-state index contributed by atoms with van der Waals surface area (Å²) < 4.78 is 3.68. The van der Waals surface area contributed by atoms with Gasteiger partial charge in [-0.1, -0.05) is 38.5 Å². The van der Waals surface area contributed by atoms with Gasteiger partial charge in [0.25, 0.3) is 11.5 Å². The molecule has 2 heterocycles. The summed E-state index contributed by atoms with van der Waals surface area (Å²) in [6.07, 6.45) is 10.5. The van der Waals surface area contributed by atoms with E-state index in [1.165, 1.54) is 21.8 Å². The lowest BCUT2D eigenvalue weighted by molar-refractivity contribution is -0.122. The lowest BCUT2D eigenvalue weighted by Gasteiger charge is -2.22. The third-order valence-electron chi connectivity index (χ3n) is 7.36. The molecule has 0 unspecified atom stereocenters. The maximum Gasteiger partial charge on any atom is 0.352 e. The highest BCUT2D eigenvalue weighted by molar-refractivity contribution is 5.98. The summed E-state index contributed by atoms with van der Waals surface area (Å²) in [5.74, 6) is -0.369. The van der Waals surface area contributed by atoms with Gasteiger partial charge < -0.3 is 10.6 Å². The topological polar surface area (TPSA) is 120 Å². The molecule has 2 fully saturated rings. The molecule has 2 saturated carbocycles. The number of rotatable bonds is 5. The molecule has 2 amide bonds. The van der Waals surface area contributed by atoms with Crippen LogP contribution in [0.5, 0.6) is 0 Å². The first kappa shape index (κ1) is 23.3. The molecule has 2 N–H and O–H groups in total. The van der Waals surface area contributed by atoms with Crippen molar-refractivity contribution in [3.05, 3.63) is 44.6 Å². The summed E-state index contributed by atoms with van der Waals surface area (Å²) in [6.45, 7) is -0.228. The smallest absolute Gasteiger partial charge is 0.352 e. The van der Waals surface area contributed by atoms with E-state index in [1.807, 2.05) is 0 Å². The van der Waals surface area contributed by atoms with Gasteiger partial charge in [-0.25, -0.2) is 13.9 Å². The highest BCUT2D eigenvalue weighted by Crippen LogP contribution is 2.19. The van der Waals surface area contributed by atoms with Crippen LogP contribution in [0, 0.1) is 0 Å². The van der Waals surface area contributed by atoms with Crippen LogP contribution in [-0.4, -0.2) is 42.6 Å². The van der Waals surface area contributed by atoms with Gasteiger partial charge in [-0.15, -0.1) is 5.10 Å². The minimum Gasteiger partial charge on any atom is -0.352 e. The molecule has 2 aliphatic rings. The average molecular weight is 481 g/mol. The number of hydrogen-bond acceptors (Lipinski definition) is 5. The fourth-order valence-corrected chi connectivity index (χ4v) is 5.41. The van der Waals surface area contributed by atoms with Crippen LogP contribution in [0.2, 0.25) is 0 Å². The van der Waals surface area contributed by atoms with Crippen LogP contribution < -0.4 is 21.9 Å². The van der Waals surface area contributed by atoms with Gasteiger partial charge >= 0.3 is 5.69 Å². The molecule has 0 atom stereocenters. The molecule has 1 aromatic carbocycles. The molecule has 3 aromatic rings. The Balaban J connectivity index is 1.48. The van der Waals surface area contributed by atoms with Gasteiger partial charge in [-0.2, -0.15) is 0 Å². The third-order valence-corrected chi connectivity index (χ3v) is 7.36. The molecule has 10 nitrogen and oxygen atoms in total. The second-order valence-corrected chi connectivity index (χ2v) is 9.88. The minimum absolute atomic E-state index is 0.124. The van der Waals surface area contributed by atoms with Crippen molar-refractivity contribution in [2.45, 2.75) is 82.8 Å². The molecule has 5 rings (SSSR count).